The third-order valence-electron chi connectivity index (χ3n) is 2.77. The van der Waals surface area contributed by atoms with E-state index in [2.05, 4.69) is 45.3 Å². The predicted molar refractivity (Wildman–Crippen MR) is 74.2 cm³/mol. The summed E-state index contributed by atoms with van der Waals surface area (Å²) >= 11 is 0. The maximum Gasteiger partial charge on any atom is 0.0907 e. The molecule has 1 atom stereocenters. The second-order valence-corrected chi connectivity index (χ2v) is 5.97. The van der Waals surface area contributed by atoms with E-state index in [9.17, 15) is 5.11 Å². The molecule has 4 heteroatoms. The Balaban J connectivity index is 3.42. The number of quaternary nitrogens is 1. The van der Waals surface area contributed by atoms with Gasteiger partial charge < -0.3 is 19.8 Å². The molecule has 0 radical (unpaired) electrons. The van der Waals surface area contributed by atoms with Gasteiger partial charge in [-0.3, -0.25) is 0 Å². The van der Waals surface area contributed by atoms with Gasteiger partial charge in [0.15, 0.2) is 0 Å². The lowest BCUT2D eigenvalue weighted by molar-refractivity contribution is -0.869. The van der Waals surface area contributed by atoms with Gasteiger partial charge in [-0.1, -0.05) is 13.3 Å². The Morgan fingerprint density at radius 3 is 2.41 bits per heavy atom. The summed E-state index contributed by atoms with van der Waals surface area (Å²) < 4.78 is 0.998. The maximum absolute atomic E-state index is 9.66. The molecule has 0 spiro atoms. The van der Waals surface area contributed by atoms with Crippen LogP contribution in [0.4, 0.5) is 0 Å². The van der Waals surface area contributed by atoms with E-state index >= 15 is 0 Å². The van der Waals surface area contributed by atoms with Crippen LogP contribution >= 0.6 is 0 Å². The summed E-state index contributed by atoms with van der Waals surface area (Å²) in [5, 5.41) is 13.1. The van der Waals surface area contributed by atoms with Crippen LogP contribution in [0.2, 0.25) is 0 Å². The fourth-order valence-corrected chi connectivity index (χ4v) is 1.68. The van der Waals surface area contributed by atoms with E-state index < -0.39 is 0 Å². The minimum absolute atomic E-state index is 0.170. The van der Waals surface area contributed by atoms with Crippen molar-refractivity contribution in [3.05, 3.63) is 0 Å². The molecular weight excluding hydrogens is 214 g/mol. The number of hydrogen-bond acceptors (Lipinski definition) is 3. The molecule has 0 saturated heterocycles. The molecule has 0 aliphatic rings. The van der Waals surface area contributed by atoms with Crippen LogP contribution < -0.4 is 5.32 Å². The zero-order valence-electron chi connectivity index (χ0n) is 12.4. The summed E-state index contributed by atoms with van der Waals surface area (Å²) in [4.78, 5) is 2.19. The van der Waals surface area contributed by atoms with Gasteiger partial charge in [0.1, 0.15) is 0 Å². The van der Waals surface area contributed by atoms with Crippen LogP contribution in [0.3, 0.4) is 0 Å². The van der Waals surface area contributed by atoms with Crippen LogP contribution in [-0.4, -0.2) is 81.5 Å². The van der Waals surface area contributed by atoms with Crippen molar-refractivity contribution in [2.45, 2.75) is 25.9 Å². The largest absolute Gasteiger partial charge is 0.392 e. The first-order chi connectivity index (χ1) is 7.85. The molecular formula is C13H32N3O+. The van der Waals surface area contributed by atoms with Crippen molar-refractivity contribution in [3.8, 4) is 0 Å². The molecule has 0 saturated carbocycles. The Hall–Kier alpha value is -0.160. The average Bonchev–Trinajstić information content (AvgIpc) is 2.15. The van der Waals surface area contributed by atoms with E-state index in [0.29, 0.717) is 0 Å². The lowest BCUT2D eigenvalue weighted by Crippen LogP contribution is -2.42. The molecule has 0 rings (SSSR count). The summed E-state index contributed by atoms with van der Waals surface area (Å²) in [6.07, 6.45) is 1.78. The number of hydrogen-bond donors (Lipinski definition) is 2. The van der Waals surface area contributed by atoms with Crippen LogP contribution in [0.25, 0.3) is 0 Å². The van der Waals surface area contributed by atoms with Crippen molar-refractivity contribution in [1.29, 1.82) is 0 Å². The van der Waals surface area contributed by atoms with Crippen molar-refractivity contribution in [2.24, 2.45) is 0 Å². The van der Waals surface area contributed by atoms with Gasteiger partial charge in [0.05, 0.1) is 33.8 Å². The van der Waals surface area contributed by atoms with E-state index in [4.69, 9.17) is 0 Å². The van der Waals surface area contributed by atoms with Gasteiger partial charge in [-0.2, -0.15) is 0 Å². The van der Waals surface area contributed by atoms with Gasteiger partial charge in [0.25, 0.3) is 0 Å². The van der Waals surface area contributed by atoms with Gasteiger partial charge in [0.2, 0.25) is 0 Å². The van der Waals surface area contributed by atoms with E-state index in [0.717, 1.165) is 50.0 Å². The number of likely N-dealkylation sites (N-methyl/N-ethyl adjacent to an activating group) is 2. The van der Waals surface area contributed by atoms with Gasteiger partial charge in [-0.05, 0) is 13.5 Å². The zero-order valence-corrected chi connectivity index (χ0v) is 12.4. The second-order valence-electron chi connectivity index (χ2n) is 5.97. The monoisotopic (exact) mass is 246 g/mol. The topological polar surface area (TPSA) is 35.5 Å². The van der Waals surface area contributed by atoms with Crippen molar-refractivity contribution in [3.63, 3.8) is 0 Å². The van der Waals surface area contributed by atoms with E-state index in [1.165, 1.54) is 0 Å². The number of nitrogens with one attached hydrogen (secondary N) is 1. The van der Waals surface area contributed by atoms with Crippen LogP contribution in [0, 0.1) is 0 Å². The summed E-state index contributed by atoms with van der Waals surface area (Å²) in [7, 11) is 8.68. The number of nitrogens with zero attached hydrogens (tertiary/aromatic N) is 2. The molecule has 0 bridgehead atoms. The molecule has 2 N–H and O–H groups in total. The molecule has 0 aliphatic carbocycles. The molecule has 1 unspecified atom stereocenters. The smallest absolute Gasteiger partial charge is 0.0907 e. The third-order valence-corrected chi connectivity index (χ3v) is 2.77. The third kappa shape index (κ3) is 12.1. The Morgan fingerprint density at radius 2 is 1.88 bits per heavy atom. The van der Waals surface area contributed by atoms with Gasteiger partial charge >= 0.3 is 0 Å². The Kier molecular flexibility index (Phi) is 8.78. The van der Waals surface area contributed by atoms with Crippen molar-refractivity contribution in [2.75, 3.05) is 60.9 Å². The highest BCUT2D eigenvalue weighted by molar-refractivity contribution is 4.62. The highest BCUT2D eigenvalue weighted by Crippen LogP contribution is 1.97. The van der Waals surface area contributed by atoms with Crippen molar-refractivity contribution >= 4 is 0 Å². The minimum Gasteiger partial charge on any atom is -0.392 e. The molecule has 104 valence electrons. The van der Waals surface area contributed by atoms with Crippen LogP contribution in [0.1, 0.15) is 19.8 Å². The number of aliphatic hydroxyl groups is 1. The van der Waals surface area contributed by atoms with Crippen molar-refractivity contribution in [1.82, 2.24) is 10.2 Å². The fourth-order valence-electron chi connectivity index (χ4n) is 1.68. The normalized spacial score (nSPS) is 14.3. The first-order valence-corrected chi connectivity index (χ1v) is 6.73. The van der Waals surface area contributed by atoms with E-state index in [-0.39, 0.29) is 6.10 Å². The van der Waals surface area contributed by atoms with Gasteiger partial charge in [-0.15, -0.1) is 0 Å². The molecule has 0 aromatic rings. The molecule has 4 nitrogen and oxygen atoms in total. The quantitative estimate of drug-likeness (QED) is 0.432. The Labute approximate surface area is 107 Å². The van der Waals surface area contributed by atoms with Crippen LogP contribution in [-0.2, 0) is 0 Å². The van der Waals surface area contributed by atoms with Gasteiger partial charge in [-0.25, -0.2) is 0 Å². The maximum atomic E-state index is 9.66. The number of aliphatic hydroxyl groups excluding tert-OH is 1. The Bertz CT molecular complexity index is 180. The van der Waals surface area contributed by atoms with E-state index in [1.54, 1.807) is 0 Å². The first-order valence-electron chi connectivity index (χ1n) is 6.73. The lowest BCUT2D eigenvalue weighted by atomic mass is 10.2. The summed E-state index contributed by atoms with van der Waals surface area (Å²) in [5.41, 5.74) is 0. The average molecular weight is 246 g/mol. The molecule has 0 amide bonds. The SMILES string of the molecule is CCCC(O)CN(C)CCNCC[N+](C)(C)C. The molecule has 0 aromatic heterocycles. The summed E-state index contributed by atoms with van der Waals surface area (Å²) in [6, 6.07) is 0. The van der Waals surface area contributed by atoms with Crippen molar-refractivity contribution < 1.29 is 9.59 Å². The molecule has 0 aromatic carbocycles. The second kappa shape index (κ2) is 8.86. The zero-order chi connectivity index (χ0) is 13.3. The van der Waals surface area contributed by atoms with Crippen LogP contribution in [0.5, 0.6) is 0 Å². The minimum atomic E-state index is -0.170. The molecule has 17 heavy (non-hydrogen) atoms. The molecule has 0 fully saturated rings. The standard InChI is InChI=1S/C13H32N3O/c1-6-7-13(17)12-15(2)10-8-14-9-11-16(3,4)5/h13-14,17H,6-12H2,1-5H3/q+1. The van der Waals surface area contributed by atoms with Gasteiger partial charge in [0, 0.05) is 26.2 Å². The lowest BCUT2D eigenvalue weighted by Gasteiger charge is -2.24. The Morgan fingerprint density at radius 1 is 1.24 bits per heavy atom. The van der Waals surface area contributed by atoms with Crippen LogP contribution in [0.15, 0.2) is 0 Å². The predicted octanol–water partition coefficient (Wildman–Crippen LogP) is 0.375. The summed E-state index contributed by atoms with van der Waals surface area (Å²) in [6.45, 7) is 7.07. The highest BCUT2D eigenvalue weighted by Gasteiger charge is 2.07. The van der Waals surface area contributed by atoms with E-state index in [1.807, 2.05) is 0 Å². The number of rotatable bonds is 10. The summed E-state index contributed by atoms with van der Waals surface area (Å²) in [5.74, 6) is 0. The fraction of sp³-hybridized carbons (Fsp3) is 1.00. The molecule has 0 heterocycles. The highest BCUT2D eigenvalue weighted by atomic mass is 16.3. The first kappa shape index (κ1) is 16.8. The molecule has 0 aliphatic heterocycles.